The highest BCUT2D eigenvalue weighted by molar-refractivity contribution is 7.89. The molecule has 3 rings (SSSR count). The van der Waals surface area contributed by atoms with E-state index in [0.717, 1.165) is 19.3 Å². The first-order valence-corrected chi connectivity index (χ1v) is 9.21. The van der Waals surface area contributed by atoms with E-state index >= 15 is 0 Å². The van der Waals surface area contributed by atoms with Crippen molar-refractivity contribution < 1.29 is 13.5 Å². The molecule has 0 unspecified atom stereocenters. The van der Waals surface area contributed by atoms with Gasteiger partial charge in [-0.05, 0) is 19.3 Å². The number of aliphatic hydroxyl groups is 1. The monoisotopic (exact) mass is 330 g/mol. The molecule has 0 saturated heterocycles. The Labute approximate surface area is 127 Å². The summed E-state index contributed by atoms with van der Waals surface area (Å²) in [7, 11) is -3.71. The molecule has 0 aliphatic heterocycles. The van der Waals surface area contributed by atoms with Crippen LogP contribution in [0.5, 0.6) is 0 Å². The van der Waals surface area contributed by atoms with Crippen molar-refractivity contribution in [2.45, 2.75) is 36.8 Å². The van der Waals surface area contributed by atoms with Crippen LogP contribution in [-0.2, 0) is 10.0 Å². The van der Waals surface area contributed by atoms with Gasteiger partial charge in [0.2, 0.25) is 0 Å². The largest absolute Gasteiger partial charge is 0.396 e. The fourth-order valence-electron chi connectivity index (χ4n) is 2.55. The van der Waals surface area contributed by atoms with Crippen LogP contribution in [0.15, 0.2) is 16.6 Å². The van der Waals surface area contributed by atoms with E-state index in [0.29, 0.717) is 17.9 Å². The summed E-state index contributed by atoms with van der Waals surface area (Å²) in [4.78, 5) is 4.68. The zero-order valence-corrected chi connectivity index (χ0v) is 13.1. The summed E-state index contributed by atoms with van der Waals surface area (Å²) in [5, 5.41) is 10.8. The fraction of sp³-hybridized carbons (Fsp3) is 0.583. The average Bonchev–Trinajstić information content (AvgIpc) is 2.90. The third-order valence-corrected chi connectivity index (χ3v) is 6.56. The molecule has 0 spiro atoms. The van der Waals surface area contributed by atoms with Gasteiger partial charge in [-0.1, -0.05) is 6.42 Å². The Morgan fingerprint density at radius 3 is 2.90 bits per heavy atom. The lowest BCUT2D eigenvalue weighted by Gasteiger charge is -2.36. The molecule has 1 saturated carbocycles. The third kappa shape index (κ3) is 2.44. The lowest BCUT2D eigenvalue weighted by Crippen LogP contribution is -2.45. The van der Waals surface area contributed by atoms with E-state index in [4.69, 9.17) is 10.8 Å². The lowest BCUT2D eigenvalue weighted by molar-refractivity contribution is 0.198. The van der Waals surface area contributed by atoms with Crippen molar-refractivity contribution in [3.63, 3.8) is 0 Å². The second-order valence-electron chi connectivity index (χ2n) is 5.14. The van der Waals surface area contributed by atoms with Crippen molar-refractivity contribution in [1.82, 2.24) is 13.7 Å². The van der Waals surface area contributed by atoms with Crippen LogP contribution in [0.3, 0.4) is 0 Å². The molecule has 9 heteroatoms. The SMILES string of the molecule is Nc1nc2sccn2c1S(=O)(=O)N(CCCO)C1CCC1. The molecule has 0 aromatic carbocycles. The van der Waals surface area contributed by atoms with E-state index in [9.17, 15) is 8.42 Å². The predicted octanol–water partition coefficient (Wildman–Crippen LogP) is 0.904. The molecular weight excluding hydrogens is 312 g/mol. The van der Waals surface area contributed by atoms with Crippen molar-refractivity contribution in [2.75, 3.05) is 18.9 Å². The van der Waals surface area contributed by atoms with Gasteiger partial charge < -0.3 is 10.8 Å². The lowest BCUT2D eigenvalue weighted by atomic mass is 9.93. The van der Waals surface area contributed by atoms with Crippen LogP contribution in [0.4, 0.5) is 5.82 Å². The van der Waals surface area contributed by atoms with Gasteiger partial charge in [-0.3, -0.25) is 4.40 Å². The van der Waals surface area contributed by atoms with Gasteiger partial charge in [0.15, 0.2) is 15.8 Å². The first-order chi connectivity index (χ1) is 10.1. The summed E-state index contributed by atoms with van der Waals surface area (Å²) >= 11 is 1.35. The number of nitrogens with zero attached hydrogens (tertiary/aromatic N) is 3. The highest BCUT2D eigenvalue weighted by Crippen LogP contribution is 2.33. The normalized spacial score (nSPS) is 16.7. The van der Waals surface area contributed by atoms with E-state index < -0.39 is 10.0 Å². The van der Waals surface area contributed by atoms with Crippen LogP contribution < -0.4 is 5.73 Å². The van der Waals surface area contributed by atoms with Crippen molar-refractivity contribution in [3.05, 3.63) is 11.6 Å². The van der Waals surface area contributed by atoms with E-state index in [2.05, 4.69) is 4.98 Å². The smallest absolute Gasteiger partial charge is 0.263 e. The maximum Gasteiger partial charge on any atom is 0.263 e. The van der Waals surface area contributed by atoms with Crippen molar-refractivity contribution in [2.24, 2.45) is 0 Å². The molecule has 3 N–H and O–H groups in total. The zero-order chi connectivity index (χ0) is 15.0. The minimum Gasteiger partial charge on any atom is -0.396 e. The maximum absolute atomic E-state index is 13.0. The van der Waals surface area contributed by atoms with Gasteiger partial charge in [0, 0.05) is 30.8 Å². The molecule has 116 valence electrons. The maximum atomic E-state index is 13.0. The second-order valence-corrected chi connectivity index (χ2v) is 7.81. The number of hydrogen-bond acceptors (Lipinski definition) is 6. The minimum absolute atomic E-state index is 0.00476. The number of nitrogens with two attached hydrogens (primary N) is 1. The van der Waals surface area contributed by atoms with E-state index in [1.54, 1.807) is 11.6 Å². The minimum atomic E-state index is -3.71. The first kappa shape index (κ1) is 14.8. The zero-order valence-electron chi connectivity index (χ0n) is 11.5. The Balaban J connectivity index is 2.03. The summed E-state index contributed by atoms with van der Waals surface area (Å²) in [6.45, 7) is 0.273. The molecule has 2 aromatic heterocycles. The highest BCUT2D eigenvalue weighted by atomic mass is 32.2. The Kier molecular flexibility index (Phi) is 3.91. The third-order valence-electron chi connectivity index (χ3n) is 3.82. The second kappa shape index (κ2) is 5.56. The molecule has 0 radical (unpaired) electrons. The van der Waals surface area contributed by atoms with Gasteiger partial charge in [0.25, 0.3) is 10.0 Å². The van der Waals surface area contributed by atoms with Crippen LogP contribution in [0, 0.1) is 0 Å². The Morgan fingerprint density at radius 1 is 1.52 bits per heavy atom. The number of hydrogen-bond donors (Lipinski definition) is 2. The average molecular weight is 330 g/mol. The molecule has 7 nitrogen and oxygen atoms in total. The van der Waals surface area contributed by atoms with Crippen LogP contribution in [0.2, 0.25) is 0 Å². The molecule has 0 atom stereocenters. The quantitative estimate of drug-likeness (QED) is 0.819. The number of anilines is 1. The highest BCUT2D eigenvalue weighted by Gasteiger charge is 2.37. The molecular formula is C12H18N4O3S2. The standard InChI is InChI=1S/C12H18N4O3S2/c13-10-11(15-6-8-20-12(15)14-10)21(18,19)16(5-2-7-17)9-3-1-4-9/h6,8-9,17H,1-5,7,13H2. The number of imidazole rings is 1. The number of fused-ring (bicyclic) bond motifs is 1. The summed E-state index contributed by atoms with van der Waals surface area (Å²) in [5.41, 5.74) is 5.83. The van der Waals surface area contributed by atoms with Crippen LogP contribution in [-0.4, -0.2) is 46.4 Å². The molecule has 0 bridgehead atoms. The van der Waals surface area contributed by atoms with Crippen molar-refractivity contribution in [1.29, 1.82) is 0 Å². The fourth-order valence-corrected chi connectivity index (χ4v) is 5.23. The molecule has 1 aliphatic carbocycles. The van der Waals surface area contributed by atoms with E-state index in [1.165, 1.54) is 20.0 Å². The summed E-state index contributed by atoms with van der Waals surface area (Å²) < 4.78 is 29.0. The van der Waals surface area contributed by atoms with Gasteiger partial charge in [0.05, 0.1) is 0 Å². The van der Waals surface area contributed by atoms with Crippen molar-refractivity contribution in [3.8, 4) is 0 Å². The molecule has 1 fully saturated rings. The van der Waals surface area contributed by atoms with Gasteiger partial charge in [-0.15, -0.1) is 11.3 Å². The Morgan fingerprint density at radius 2 is 2.29 bits per heavy atom. The van der Waals surface area contributed by atoms with Gasteiger partial charge in [-0.25, -0.2) is 13.4 Å². The summed E-state index contributed by atoms with van der Waals surface area (Å²) in [6, 6.07) is 0.00476. The first-order valence-electron chi connectivity index (χ1n) is 6.89. The van der Waals surface area contributed by atoms with E-state index in [1.807, 2.05) is 0 Å². The number of aromatic nitrogens is 2. The van der Waals surface area contributed by atoms with Crippen molar-refractivity contribution >= 4 is 32.1 Å². The number of nitrogen functional groups attached to an aromatic ring is 1. The van der Waals surface area contributed by atoms with Crippen LogP contribution >= 0.6 is 11.3 Å². The topological polar surface area (TPSA) is 101 Å². The molecule has 2 heterocycles. The van der Waals surface area contributed by atoms with Gasteiger partial charge in [0.1, 0.15) is 0 Å². The Bertz CT molecular complexity index is 733. The molecule has 2 aromatic rings. The van der Waals surface area contributed by atoms with Gasteiger partial charge in [-0.2, -0.15) is 4.31 Å². The summed E-state index contributed by atoms with van der Waals surface area (Å²) in [5.74, 6) is 0.0372. The number of thiazole rings is 1. The van der Waals surface area contributed by atoms with E-state index in [-0.39, 0.29) is 23.5 Å². The number of rotatable bonds is 6. The number of aliphatic hydroxyl groups excluding tert-OH is 1. The van der Waals surface area contributed by atoms with Crippen LogP contribution in [0.1, 0.15) is 25.7 Å². The van der Waals surface area contributed by atoms with Gasteiger partial charge >= 0.3 is 0 Å². The summed E-state index contributed by atoms with van der Waals surface area (Å²) in [6.07, 6.45) is 4.83. The Hall–Kier alpha value is -1.16. The molecule has 21 heavy (non-hydrogen) atoms. The predicted molar refractivity (Wildman–Crippen MR) is 80.7 cm³/mol. The number of sulfonamides is 1. The molecule has 0 amide bonds. The van der Waals surface area contributed by atoms with Crippen LogP contribution in [0.25, 0.3) is 4.96 Å². The molecule has 1 aliphatic rings.